The molecule has 2 aliphatic heterocycles. The number of aliphatic carboxylic acids is 1. The van der Waals surface area contributed by atoms with Crippen LogP contribution in [0, 0.1) is 5.82 Å². The number of carbonyl (C=O) groups excluding carboxylic acids is 2. The molecule has 0 saturated carbocycles. The van der Waals surface area contributed by atoms with Crippen molar-refractivity contribution in [2.45, 2.75) is 43.7 Å². The Labute approximate surface area is 166 Å². The number of amides is 2. The number of carboxylic acids is 1. The number of halogens is 2. The molecule has 154 valence electrons. The number of hydrogen-bond donors (Lipinski definition) is 4. The first-order valence-electron chi connectivity index (χ1n) is 8.71. The van der Waals surface area contributed by atoms with E-state index in [-0.39, 0.29) is 62.9 Å². The van der Waals surface area contributed by atoms with E-state index in [2.05, 4.69) is 15.6 Å². The lowest BCUT2D eigenvalue weighted by atomic mass is 9.88. The second-order valence-corrected chi connectivity index (χ2v) is 6.96. The monoisotopic (exact) mass is 416 g/mol. The van der Waals surface area contributed by atoms with Crippen LogP contribution in [-0.4, -0.2) is 57.7 Å². The molecule has 0 spiro atoms. The second kappa shape index (κ2) is 8.70. The molecule has 28 heavy (non-hydrogen) atoms. The predicted molar refractivity (Wildman–Crippen MR) is 99.9 cm³/mol. The van der Waals surface area contributed by atoms with Crippen molar-refractivity contribution in [2.24, 2.45) is 0 Å². The van der Waals surface area contributed by atoms with E-state index >= 15 is 0 Å². The SMILES string of the molecule is Cl.O=C(O)CC1(O)CCN(c2ncc(NC3CCC(=O)NC3=O)cc2F)CC1. The molecular weight excluding hydrogens is 395 g/mol. The zero-order chi connectivity index (χ0) is 19.6. The summed E-state index contributed by atoms with van der Waals surface area (Å²) in [6.07, 6.45) is 2.01. The van der Waals surface area contributed by atoms with Gasteiger partial charge in [-0.2, -0.15) is 0 Å². The third-order valence-corrected chi connectivity index (χ3v) is 4.88. The van der Waals surface area contributed by atoms with E-state index in [0.29, 0.717) is 12.1 Å². The molecule has 1 atom stereocenters. The van der Waals surface area contributed by atoms with E-state index in [9.17, 15) is 23.9 Å². The average molecular weight is 417 g/mol. The number of carbonyl (C=O) groups is 3. The minimum atomic E-state index is -1.29. The van der Waals surface area contributed by atoms with Gasteiger partial charge in [-0.1, -0.05) is 0 Å². The Kier molecular flexibility index (Phi) is 6.78. The molecule has 4 N–H and O–H groups in total. The van der Waals surface area contributed by atoms with E-state index in [1.165, 1.54) is 12.3 Å². The quantitative estimate of drug-likeness (QED) is 0.515. The Hall–Kier alpha value is -2.46. The smallest absolute Gasteiger partial charge is 0.306 e. The summed E-state index contributed by atoms with van der Waals surface area (Å²) < 4.78 is 14.5. The molecule has 0 radical (unpaired) electrons. The Balaban J connectivity index is 0.00000280. The van der Waals surface area contributed by atoms with Crippen molar-refractivity contribution in [2.75, 3.05) is 23.3 Å². The molecule has 3 heterocycles. The average Bonchev–Trinajstić information content (AvgIpc) is 2.58. The Morgan fingerprint density at radius 1 is 1.39 bits per heavy atom. The van der Waals surface area contributed by atoms with E-state index in [1.54, 1.807) is 4.90 Å². The molecule has 1 aromatic rings. The normalized spacial score (nSPS) is 21.5. The van der Waals surface area contributed by atoms with Gasteiger partial charge in [0.1, 0.15) is 6.04 Å². The molecule has 2 fully saturated rings. The number of aliphatic hydroxyl groups is 1. The lowest BCUT2D eigenvalue weighted by Gasteiger charge is -2.38. The molecule has 2 saturated heterocycles. The molecule has 0 aliphatic carbocycles. The zero-order valence-corrected chi connectivity index (χ0v) is 15.8. The molecule has 3 rings (SSSR count). The maximum Gasteiger partial charge on any atom is 0.306 e. The lowest BCUT2D eigenvalue weighted by molar-refractivity contribution is -0.143. The summed E-state index contributed by atoms with van der Waals surface area (Å²) in [7, 11) is 0. The van der Waals surface area contributed by atoms with Crippen LogP contribution in [0.4, 0.5) is 15.9 Å². The van der Waals surface area contributed by atoms with E-state index in [1.807, 2.05) is 0 Å². The topological polar surface area (TPSA) is 132 Å². The van der Waals surface area contributed by atoms with Crippen molar-refractivity contribution in [1.82, 2.24) is 10.3 Å². The fourth-order valence-corrected chi connectivity index (χ4v) is 3.37. The van der Waals surface area contributed by atoms with Gasteiger partial charge in [0.25, 0.3) is 0 Å². The van der Waals surface area contributed by atoms with Crippen molar-refractivity contribution in [3.8, 4) is 0 Å². The van der Waals surface area contributed by atoms with Gasteiger partial charge in [0.2, 0.25) is 11.8 Å². The van der Waals surface area contributed by atoms with E-state index < -0.39 is 29.3 Å². The highest BCUT2D eigenvalue weighted by atomic mass is 35.5. The van der Waals surface area contributed by atoms with Crippen LogP contribution in [0.5, 0.6) is 0 Å². The van der Waals surface area contributed by atoms with Crippen molar-refractivity contribution in [3.05, 3.63) is 18.1 Å². The first-order chi connectivity index (χ1) is 12.8. The van der Waals surface area contributed by atoms with Crippen LogP contribution >= 0.6 is 12.4 Å². The standard InChI is InChI=1S/C17H21FN4O5.ClH/c18-11-7-10(20-12-1-2-13(23)21-16(12)26)9-19-15(11)22-5-3-17(27,4-6-22)8-14(24)25;/h7,9,12,20,27H,1-6,8H2,(H,24,25)(H,21,23,26);1H. The first kappa shape index (κ1) is 21.8. The third-order valence-electron chi connectivity index (χ3n) is 4.88. The Morgan fingerprint density at radius 3 is 2.64 bits per heavy atom. The number of imide groups is 1. The maximum absolute atomic E-state index is 14.5. The van der Waals surface area contributed by atoms with Gasteiger partial charge in [0, 0.05) is 25.6 Å². The summed E-state index contributed by atoms with van der Waals surface area (Å²) in [5.74, 6) is -2.33. The lowest BCUT2D eigenvalue weighted by Crippen LogP contribution is -2.47. The summed E-state index contributed by atoms with van der Waals surface area (Å²) in [5, 5.41) is 24.2. The first-order valence-corrected chi connectivity index (χ1v) is 8.71. The highest BCUT2D eigenvalue weighted by Crippen LogP contribution is 2.30. The number of aromatic nitrogens is 1. The Bertz CT molecular complexity index is 770. The summed E-state index contributed by atoms with van der Waals surface area (Å²) in [5.41, 5.74) is -0.961. The number of carboxylic acid groups (broad SMARTS) is 1. The number of pyridine rings is 1. The van der Waals surface area contributed by atoms with Gasteiger partial charge >= 0.3 is 5.97 Å². The van der Waals surface area contributed by atoms with Crippen LogP contribution in [0.15, 0.2) is 12.3 Å². The summed E-state index contributed by atoms with van der Waals surface area (Å²) >= 11 is 0. The van der Waals surface area contributed by atoms with Crippen LogP contribution < -0.4 is 15.5 Å². The molecule has 0 bridgehead atoms. The fraction of sp³-hybridized carbons (Fsp3) is 0.529. The van der Waals surface area contributed by atoms with Crippen LogP contribution in [0.3, 0.4) is 0 Å². The zero-order valence-electron chi connectivity index (χ0n) is 15.0. The van der Waals surface area contributed by atoms with Crippen molar-refractivity contribution in [1.29, 1.82) is 0 Å². The fourth-order valence-electron chi connectivity index (χ4n) is 3.37. The van der Waals surface area contributed by atoms with E-state index in [4.69, 9.17) is 5.11 Å². The summed E-state index contributed by atoms with van der Waals surface area (Å²) in [4.78, 5) is 39.5. The number of anilines is 2. The van der Waals surface area contributed by atoms with Gasteiger partial charge in [-0.15, -0.1) is 12.4 Å². The molecule has 2 aliphatic rings. The minimum absolute atomic E-state index is 0. The molecule has 9 nitrogen and oxygen atoms in total. The van der Waals surface area contributed by atoms with Crippen LogP contribution in [0.25, 0.3) is 0 Å². The molecule has 11 heteroatoms. The highest BCUT2D eigenvalue weighted by molar-refractivity contribution is 6.01. The van der Waals surface area contributed by atoms with Gasteiger partial charge in [-0.05, 0) is 19.3 Å². The number of rotatable bonds is 5. The number of piperidine rings is 2. The highest BCUT2D eigenvalue weighted by Gasteiger charge is 2.35. The van der Waals surface area contributed by atoms with Gasteiger partial charge in [-0.25, -0.2) is 9.37 Å². The summed E-state index contributed by atoms with van der Waals surface area (Å²) in [6.45, 7) is 0.571. The van der Waals surface area contributed by atoms with Gasteiger partial charge < -0.3 is 20.4 Å². The maximum atomic E-state index is 14.5. The molecular formula is C17H22ClFN4O5. The molecule has 1 unspecified atom stereocenters. The van der Waals surface area contributed by atoms with Gasteiger partial charge in [0.05, 0.1) is 23.9 Å². The molecule has 2 amide bonds. The van der Waals surface area contributed by atoms with Crippen LogP contribution in [0.2, 0.25) is 0 Å². The number of nitrogens with one attached hydrogen (secondary N) is 2. The van der Waals surface area contributed by atoms with Crippen molar-refractivity contribution < 1.29 is 29.0 Å². The van der Waals surface area contributed by atoms with Crippen LogP contribution in [0.1, 0.15) is 32.1 Å². The van der Waals surface area contributed by atoms with Gasteiger partial charge in [0.15, 0.2) is 11.6 Å². The Morgan fingerprint density at radius 2 is 2.07 bits per heavy atom. The predicted octanol–water partition coefficient (Wildman–Crippen LogP) is 0.666. The molecule has 1 aromatic heterocycles. The largest absolute Gasteiger partial charge is 0.481 e. The van der Waals surface area contributed by atoms with Crippen LogP contribution in [-0.2, 0) is 14.4 Å². The van der Waals surface area contributed by atoms with Crippen molar-refractivity contribution in [3.63, 3.8) is 0 Å². The number of nitrogens with zero attached hydrogens (tertiary/aromatic N) is 2. The molecule has 0 aromatic carbocycles. The van der Waals surface area contributed by atoms with Gasteiger partial charge in [-0.3, -0.25) is 19.7 Å². The number of hydrogen-bond acceptors (Lipinski definition) is 7. The third kappa shape index (κ3) is 5.08. The van der Waals surface area contributed by atoms with Crippen molar-refractivity contribution >= 4 is 41.7 Å². The van der Waals surface area contributed by atoms with E-state index in [0.717, 1.165) is 0 Å². The summed E-state index contributed by atoms with van der Waals surface area (Å²) in [6, 6.07) is 0.597. The minimum Gasteiger partial charge on any atom is -0.481 e. The second-order valence-electron chi connectivity index (χ2n) is 6.96.